The van der Waals surface area contributed by atoms with Crippen molar-refractivity contribution in [1.82, 2.24) is 9.55 Å². The number of carbonyl (C=O) groups is 1. The maximum Gasteiger partial charge on any atom is 0.330 e. The van der Waals surface area contributed by atoms with Gasteiger partial charge in [-0.2, -0.15) is 0 Å². The van der Waals surface area contributed by atoms with Crippen LogP contribution in [0.25, 0.3) is 0 Å². The topological polar surface area (TPSA) is 101 Å². The normalized spacial score (nSPS) is 14.2. The van der Waals surface area contributed by atoms with Gasteiger partial charge in [-0.3, -0.25) is 19.1 Å². The monoisotopic (exact) mass is 416 g/mol. The molecule has 0 radical (unpaired) electrons. The molecular formula is C21H28N4O3S. The second kappa shape index (κ2) is 9.82. The molecule has 1 heterocycles. The molecule has 1 saturated carbocycles. The molecule has 1 fully saturated rings. The van der Waals surface area contributed by atoms with Crippen LogP contribution in [0.2, 0.25) is 0 Å². The van der Waals surface area contributed by atoms with Gasteiger partial charge in [-0.15, -0.1) is 11.8 Å². The van der Waals surface area contributed by atoms with Gasteiger partial charge in [0.25, 0.3) is 5.56 Å². The van der Waals surface area contributed by atoms with Gasteiger partial charge in [0.15, 0.2) is 5.69 Å². The summed E-state index contributed by atoms with van der Waals surface area (Å²) in [7, 11) is 0. The molecule has 29 heavy (non-hydrogen) atoms. The van der Waals surface area contributed by atoms with E-state index in [0.717, 1.165) is 18.4 Å². The lowest BCUT2D eigenvalue weighted by Crippen LogP contribution is -2.42. The molecule has 2 aromatic rings. The Balaban J connectivity index is 1.90. The molecule has 1 amide bonds. The number of benzene rings is 1. The lowest BCUT2D eigenvalue weighted by atomic mass is 10.2. The van der Waals surface area contributed by atoms with Crippen molar-refractivity contribution < 1.29 is 4.79 Å². The van der Waals surface area contributed by atoms with Crippen LogP contribution in [0.1, 0.15) is 44.6 Å². The molecule has 0 atom stereocenters. The first kappa shape index (κ1) is 21.2. The fourth-order valence-electron chi connectivity index (χ4n) is 3.67. The van der Waals surface area contributed by atoms with Crippen LogP contribution in [0.15, 0.2) is 39.9 Å². The first-order valence-electron chi connectivity index (χ1n) is 10.1. The van der Waals surface area contributed by atoms with E-state index < -0.39 is 11.2 Å². The average molecular weight is 417 g/mol. The molecule has 0 unspecified atom stereocenters. The first-order valence-corrected chi connectivity index (χ1v) is 11.1. The van der Waals surface area contributed by atoms with Crippen molar-refractivity contribution in [3.05, 3.63) is 56.7 Å². The van der Waals surface area contributed by atoms with Gasteiger partial charge in [0.05, 0.1) is 12.3 Å². The molecule has 1 aromatic heterocycles. The summed E-state index contributed by atoms with van der Waals surface area (Å²) >= 11 is 1.65. The number of anilines is 2. The predicted molar refractivity (Wildman–Crippen MR) is 119 cm³/mol. The van der Waals surface area contributed by atoms with E-state index in [9.17, 15) is 14.4 Å². The number of hydrogen-bond acceptors (Lipinski definition) is 5. The van der Waals surface area contributed by atoms with Gasteiger partial charge in [0.2, 0.25) is 5.91 Å². The third-order valence-corrected chi connectivity index (χ3v) is 6.52. The van der Waals surface area contributed by atoms with Gasteiger partial charge < -0.3 is 10.6 Å². The number of thioether (sulfide) groups is 1. The highest BCUT2D eigenvalue weighted by atomic mass is 32.2. The number of nitrogens with zero attached hydrogens (tertiary/aromatic N) is 2. The van der Waals surface area contributed by atoms with Crippen molar-refractivity contribution >= 4 is 29.2 Å². The lowest BCUT2D eigenvalue weighted by Gasteiger charge is -2.24. The number of rotatable bonds is 8. The number of carbonyl (C=O) groups excluding carboxylic acids is 1. The average Bonchev–Trinajstić information content (AvgIpc) is 3.23. The molecule has 3 N–H and O–H groups in total. The Morgan fingerprint density at radius 1 is 1.24 bits per heavy atom. The van der Waals surface area contributed by atoms with Crippen LogP contribution in [0, 0.1) is 0 Å². The quantitative estimate of drug-likeness (QED) is 0.689. The van der Waals surface area contributed by atoms with E-state index in [-0.39, 0.29) is 24.0 Å². The summed E-state index contributed by atoms with van der Waals surface area (Å²) in [5, 5.41) is 0.505. The summed E-state index contributed by atoms with van der Waals surface area (Å²) in [5.74, 6) is 0.183. The Labute approximate surface area is 174 Å². The van der Waals surface area contributed by atoms with E-state index >= 15 is 0 Å². The van der Waals surface area contributed by atoms with E-state index in [2.05, 4.69) is 4.98 Å². The third kappa shape index (κ3) is 5.12. The minimum absolute atomic E-state index is 0.0234. The van der Waals surface area contributed by atoms with Crippen LogP contribution in [-0.4, -0.2) is 33.0 Å². The van der Waals surface area contributed by atoms with Gasteiger partial charge in [-0.05, 0) is 24.8 Å². The molecule has 7 nitrogen and oxygen atoms in total. The van der Waals surface area contributed by atoms with Crippen LogP contribution < -0.4 is 21.9 Å². The van der Waals surface area contributed by atoms with Crippen LogP contribution in [0.5, 0.6) is 0 Å². The summed E-state index contributed by atoms with van der Waals surface area (Å²) in [6.45, 7) is 2.54. The minimum atomic E-state index is -0.621. The van der Waals surface area contributed by atoms with Crippen molar-refractivity contribution in [2.24, 2.45) is 0 Å². The van der Waals surface area contributed by atoms with Gasteiger partial charge in [-0.1, -0.05) is 50.1 Å². The Hall–Kier alpha value is -2.48. The first-order chi connectivity index (χ1) is 14.0. The fourth-order valence-corrected chi connectivity index (χ4v) is 4.87. The number of aromatic amines is 1. The number of nitrogens with two attached hydrogens (primary N) is 1. The van der Waals surface area contributed by atoms with Crippen molar-refractivity contribution in [3.63, 3.8) is 0 Å². The number of amides is 1. The Bertz CT molecular complexity index is 949. The predicted octanol–water partition coefficient (Wildman–Crippen LogP) is 2.59. The largest absolute Gasteiger partial charge is 0.383 e. The number of H-pyrrole nitrogens is 1. The summed E-state index contributed by atoms with van der Waals surface area (Å²) in [5.41, 5.74) is 6.01. The number of nitrogens with one attached hydrogen (secondary N) is 1. The zero-order valence-corrected chi connectivity index (χ0v) is 17.5. The van der Waals surface area contributed by atoms with Crippen molar-refractivity contribution in [1.29, 1.82) is 0 Å². The van der Waals surface area contributed by atoms with Gasteiger partial charge in [0.1, 0.15) is 5.82 Å². The van der Waals surface area contributed by atoms with Crippen LogP contribution >= 0.6 is 11.8 Å². The van der Waals surface area contributed by atoms with E-state index in [0.29, 0.717) is 24.0 Å². The number of hydrogen-bond donors (Lipinski definition) is 2. The SMILES string of the molecule is CCCN(C(=O)CSC1CCCC1)c1c(N)n(Cc2ccccc2)c(=O)[nH]c1=O. The molecule has 156 valence electrons. The maximum atomic E-state index is 13.0. The Morgan fingerprint density at radius 3 is 2.59 bits per heavy atom. The molecule has 0 bridgehead atoms. The van der Waals surface area contributed by atoms with Gasteiger partial charge in [-0.25, -0.2) is 4.79 Å². The van der Waals surface area contributed by atoms with Crippen LogP contribution in [0.3, 0.4) is 0 Å². The third-order valence-electron chi connectivity index (χ3n) is 5.16. The zero-order valence-electron chi connectivity index (χ0n) is 16.7. The van der Waals surface area contributed by atoms with E-state index in [1.54, 1.807) is 11.8 Å². The van der Waals surface area contributed by atoms with Crippen molar-refractivity contribution in [3.8, 4) is 0 Å². The number of nitrogen functional groups attached to an aromatic ring is 1. The molecule has 1 aliphatic carbocycles. The van der Waals surface area contributed by atoms with E-state index in [1.165, 1.54) is 22.3 Å². The smallest absolute Gasteiger partial charge is 0.330 e. The summed E-state index contributed by atoms with van der Waals surface area (Å²) in [4.78, 5) is 41.7. The Kier molecular flexibility index (Phi) is 7.19. The van der Waals surface area contributed by atoms with Crippen LogP contribution in [-0.2, 0) is 11.3 Å². The molecule has 0 aliphatic heterocycles. The highest BCUT2D eigenvalue weighted by molar-refractivity contribution is 8.00. The highest BCUT2D eigenvalue weighted by Crippen LogP contribution is 2.30. The van der Waals surface area contributed by atoms with Crippen molar-refractivity contribution in [2.45, 2.75) is 50.8 Å². The lowest BCUT2D eigenvalue weighted by molar-refractivity contribution is -0.116. The second-order valence-electron chi connectivity index (χ2n) is 7.33. The maximum absolute atomic E-state index is 13.0. The van der Waals surface area contributed by atoms with E-state index in [4.69, 9.17) is 5.73 Å². The molecule has 1 aromatic carbocycles. The summed E-state index contributed by atoms with van der Waals surface area (Å²) < 4.78 is 1.31. The fraction of sp³-hybridized carbons (Fsp3) is 0.476. The molecular weight excluding hydrogens is 388 g/mol. The molecule has 8 heteroatoms. The molecule has 0 saturated heterocycles. The van der Waals surface area contributed by atoms with Gasteiger partial charge >= 0.3 is 5.69 Å². The Morgan fingerprint density at radius 2 is 1.93 bits per heavy atom. The highest BCUT2D eigenvalue weighted by Gasteiger charge is 2.25. The van der Waals surface area contributed by atoms with Gasteiger partial charge in [0, 0.05) is 11.8 Å². The summed E-state index contributed by atoms with van der Waals surface area (Å²) in [6.07, 6.45) is 5.37. The van der Waals surface area contributed by atoms with E-state index in [1.807, 2.05) is 37.3 Å². The van der Waals surface area contributed by atoms with Crippen molar-refractivity contribution in [2.75, 3.05) is 22.9 Å². The minimum Gasteiger partial charge on any atom is -0.383 e. The molecule has 1 aliphatic rings. The standard InChI is InChI=1S/C21H28N4O3S/c1-2-12-24(17(26)14-29-16-10-6-7-11-16)18-19(22)25(21(28)23-20(18)27)13-15-8-4-3-5-9-15/h3-5,8-9,16H,2,6-7,10-14,22H2,1H3,(H,23,27,28). The molecule has 3 rings (SSSR count). The zero-order chi connectivity index (χ0) is 20.8. The second-order valence-corrected chi connectivity index (χ2v) is 8.62. The summed E-state index contributed by atoms with van der Waals surface area (Å²) in [6, 6.07) is 9.39. The van der Waals surface area contributed by atoms with Crippen LogP contribution in [0.4, 0.5) is 11.5 Å². The molecule has 0 spiro atoms. The number of aromatic nitrogens is 2.